The number of carbonyl (C=O) groups is 1. The maximum Gasteiger partial charge on any atom is 0.272 e. The highest BCUT2D eigenvalue weighted by Crippen LogP contribution is 2.13. The quantitative estimate of drug-likeness (QED) is 0.929. The van der Waals surface area contributed by atoms with Crippen LogP contribution in [0.4, 0.5) is 5.69 Å². The molecule has 1 N–H and O–H groups in total. The smallest absolute Gasteiger partial charge is 0.272 e. The Morgan fingerprint density at radius 2 is 2.32 bits per heavy atom. The first-order valence-corrected chi connectivity index (χ1v) is 6.78. The predicted molar refractivity (Wildman–Crippen MR) is 76.4 cm³/mol. The third kappa shape index (κ3) is 3.29. The molecule has 0 radical (unpaired) electrons. The standard InChI is InChI=1S/C13H16N4OS/c1-9-16-11(8-19-9)7-17(3)13(18)12-6-10(14-2)4-5-15-12/h4-6,8H,7H2,1-3H3,(H,14,15). The van der Waals surface area contributed by atoms with Crippen molar-refractivity contribution in [3.05, 3.63) is 40.1 Å². The Morgan fingerprint density at radius 1 is 1.53 bits per heavy atom. The molecule has 2 heterocycles. The molecule has 0 aliphatic carbocycles. The number of pyridine rings is 1. The minimum absolute atomic E-state index is 0.109. The Balaban J connectivity index is 2.09. The van der Waals surface area contributed by atoms with Crippen LogP contribution in [0.2, 0.25) is 0 Å². The Kier molecular flexibility index (Phi) is 4.11. The molecule has 0 saturated carbocycles. The molecule has 0 aromatic carbocycles. The summed E-state index contributed by atoms with van der Waals surface area (Å²) in [5.41, 5.74) is 2.21. The molecule has 0 aliphatic rings. The molecule has 0 aliphatic heterocycles. The molecule has 2 aromatic rings. The molecule has 0 bridgehead atoms. The number of hydrogen-bond donors (Lipinski definition) is 1. The molecule has 2 rings (SSSR count). The van der Waals surface area contributed by atoms with Crippen LogP contribution in [0.5, 0.6) is 0 Å². The Hall–Kier alpha value is -1.95. The van der Waals surface area contributed by atoms with Crippen LogP contribution in [-0.4, -0.2) is 34.9 Å². The fourth-order valence-corrected chi connectivity index (χ4v) is 2.30. The minimum atomic E-state index is -0.109. The molecular weight excluding hydrogens is 260 g/mol. The number of amides is 1. The van der Waals surface area contributed by atoms with E-state index in [1.54, 1.807) is 35.5 Å². The number of hydrogen-bond acceptors (Lipinski definition) is 5. The van der Waals surface area contributed by atoms with Crippen molar-refractivity contribution in [1.82, 2.24) is 14.9 Å². The number of aryl methyl sites for hydroxylation is 1. The van der Waals surface area contributed by atoms with Crippen molar-refractivity contribution < 1.29 is 4.79 Å². The van der Waals surface area contributed by atoms with Gasteiger partial charge in [-0.05, 0) is 19.1 Å². The van der Waals surface area contributed by atoms with Gasteiger partial charge in [0, 0.05) is 31.4 Å². The number of nitrogens with zero attached hydrogens (tertiary/aromatic N) is 3. The molecule has 6 heteroatoms. The molecule has 5 nitrogen and oxygen atoms in total. The maximum atomic E-state index is 12.2. The first kappa shape index (κ1) is 13.5. The van der Waals surface area contributed by atoms with Crippen LogP contribution in [0.1, 0.15) is 21.2 Å². The van der Waals surface area contributed by atoms with Crippen LogP contribution in [0.15, 0.2) is 23.7 Å². The Bertz CT molecular complexity index is 582. The van der Waals surface area contributed by atoms with Gasteiger partial charge in [-0.1, -0.05) is 0 Å². The van der Waals surface area contributed by atoms with Gasteiger partial charge in [0.05, 0.1) is 17.2 Å². The highest BCUT2D eigenvalue weighted by Gasteiger charge is 2.14. The molecule has 2 aromatic heterocycles. The summed E-state index contributed by atoms with van der Waals surface area (Å²) >= 11 is 1.59. The highest BCUT2D eigenvalue weighted by atomic mass is 32.1. The van der Waals surface area contributed by atoms with Crippen LogP contribution in [-0.2, 0) is 6.54 Å². The lowest BCUT2D eigenvalue weighted by atomic mass is 10.3. The summed E-state index contributed by atoms with van der Waals surface area (Å²) < 4.78 is 0. The summed E-state index contributed by atoms with van der Waals surface area (Å²) in [4.78, 5) is 22.3. The van der Waals surface area contributed by atoms with E-state index in [1.807, 2.05) is 25.4 Å². The van der Waals surface area contributed by atoms with E-state index in [0.717, 1.165) is 16.4 Å². The molecule has 0 atom stereocenters. The van der Waals surface area contributed by atoms with Crippen molar-refractivity contribution in [2.45, 2.75) is 13.5 Å². The van der Waals surface area contributed by atoms with E-state index in [1.165, 1.54) is 0 Å². The van der Waals surface area contributed by atoms with Crippen LogP contribution < -0.4 is 5.32 Å². The number of thiazole rings is 1. The first-order valence-electron chi connectivity index (χ1n) is 5.90. The van der Waals surface area contributed by atoms with E-state index in [0.29, 0.717) is 12.2 Å². The van der Waals surface area contributed by atoms with Crippen LogP contribution >= 0.6 is 11.3 Å². The van der Waals surface area contributed by atoms with Gasteiger partial charge in [-0.3, -0.25) is 9.78 Å². The number of anilines is 1. The van der Waals surface area contributed by atoms with Crippen molar-refractivity contribution in [1.29, 1.82) is 0 Å². The Morgan fingerprint density at radius 3 is 2.95 bits per heavy atom. The van der Waals surface area contributed by atoms with E-state index < -0.39 is 0 Å². The van der Waals surface area contributed by atoms with E-state index in [-0.39, 0.29) is 5.91 Å². The minimum Gasteiger partial charge on any atom is -0.388 e. The number of aromatic nitrogens is 2. The van der Waals surface area contributed by atoms with Gasteiger partial charge >= 0.3 is 0 Å². The SMILES string of the molecule is CNc1ccnc(C(=O)N(C)Cc2csc(C)n2)c1. The van der Waals surface area contributed by atoms with Gasteiger partial charge in [0.15, 0.2) is 0 Å². The van der Waals surface area contributed by atoms with Crippen molar-refractivity contribution in [3.8, 4) is 0 Å². The molecular formula is C13H16N4OS. The number of rotatable bonds is 4. The molecule has 19 heavy (non-hydrogen) atoms. The summed E-state index contributed by atoms with van der Waals surface area (Å²) in [6, 6.07) is 3.56. The van der Waals surface area contributed by atoms with E-state index >= 15 is 0 Å². The second kappa shape index (κ2) is 5.79. The van der Waals surface area contributed by atoms with Crippen molar-refractivity contribution in [3.63, 3.8) is 0 Å². The van der Waals surface area contributed by atoms with Gasteiger partial charge in [0.2, 0.25) is 0 Å². The molecule has 0 spiro atoms. The average molecular weight is 276 g/mol. The van der Waals surface area contributed by atoms with Crippen LogP contribution in [0, 0.1) is 6.92 Å². The molecule has 1 amide bonds. The van der Waals surface area contributed by atoms with Crippen molar-refractivity contribution >= 4 is 22.9 Å². The lowest BCUT2D eigenvalue weighted by Gasteiger charge is -2.15. The van der Waals surface area contributed by atoms with E-state index in [2.05, 4.69) is 15.3 Å². The third-order valence-corrected chi connectivity index (χ3v) is 3.50. The fourth-order valence-electron chi connectivity index (χ4n) is 1.69. The number of nitrogens with one attached hydrogen (secondary N) is 1. The van der Waals surface area contributed by atoms with E-state index in [9.17, 15) is 4.79 Å². The second-order valence-corrected chi connectivity index (χ2v) is 5.26. The average Bonchev–Trinajstić information content (AvgIpc) is 2.83. The largest absolute Gasteiger partial charge is 0.388 e. The fraction of sp³-hybridized carbons (Fsp3) is 0.308. The maximum absolute atomic E-state index is 12.2. The molecule has 0 fully saturated rings. The zero-order chi connectivity index (χ0) is 13.8. The normalized spacial score (nSPS) is 10.3. The van der Waals surface area contributed by atoms with Gasteiger partial charge in [0.1, 0.15) is 5.69 Å². The van der Waals surface area contributed by atoms with Crippen molar-refractivity contribution in [2.24, 2.45) is 0 Å². The molecule has 100 valence electrons. The predicted octanol–water partition coefficient (Wildman–Crippen LogP) is 2.16. The van der Waals surface area contributed by atoms with Crippen molar-refractivity contribution in [2.75, 3.05) is 19.4 Å². The Labute approximate surface area is 116 Å². The van der Waals surface area contributed by atoms with Gasteiger partial charge in [0.25, 0.3) is 5.91 Å². The van der Waals surface area contributed by atoms with Crippen LogP contribution in [0.25, 0.3) is 0 Å². The lowest BCUT2D eigenvalue weighted by molar-refractivity contribution is 0.0778. The lowest BCUT2D eigenvalue weighted by Crippen LogP contribution is -2.27. The van der Waals surface area contributed by atoms with Gasteiger partial charge in [-0.2, -0.15) is 0 Å². The second-order valence-electron chi connectivity index (χ2n) is 4.20. The summed E-state index contributed by atoms with van der Waals surface area (Å²) in [6.07, 6.45) is 1.62. The molecule has 0 unspecified atom stereocenters. The summed E-state index contributed by atoms with van der Waals surface area (Å²) in [7, 11) is 3.57. The van der Waals surface area contributed by atoms with Crippen LogP contribution in [0.3, 0.4) is 0 Å². The highest BCUT2D eigenvalue weighted by molar-refractivity contribution is 7.09. The third-order valence-electron chi connectivity index (χ3n) is 2.68. The summed E-state index contributed by atoms with van der Waals surface area (Å²) in [5, 5.41) is 5.97. The van der Waals surface area contributed by atoms with Gasteiger partial charge in [-0.25, -0.2) is 4.98 Å². The van der Waals surface area contributed by atoms with Gasteiger partial charge in [-0.15, -0.1) is 11.3 Å². The summed E-state index contributed by atoms with van der Waals surface area (Å²) in [6.45, 7) is 2.45. The topological polar surface area (TPSA) is 58.1 Å². The summed E-state index contributed by atoms with van der Waals surface area (Å²) in [5.74, 6) is -0.109. The first-order chi connectivity index (χ1) is 9.10. The van der Waals surface area contributed by atoms with Gasteiger partial charge < -0.3 is 10.2 Å². The number of carbonyl (C=O) groups excluding carboxylic acids is 1. The molecule has 0 saturated heterocycles. The zero-order valence-electron chi connectivity index (χ0n) is 11.2. The monoisotopic (exact) mass is 276 g/mol. The van der Waals surface area contributed by atoms with E-state index in [4.69, 9.17) is 0 Å². The zero-order valence-corrected chi connectivity index (χ0v) is 12.0.